The van der Waals surface area contributed by atoms with Crippen molar-refractivity contribution in [1.29, 1.82) is 0 Å². The van der Waals surface area contributed by atoms with Crippen LogP contribution in [0.25, 0.3) is 0 Å². The molecule has 0 radical (unpaired) electrons. The minimum absolute atomic E-state index is 0.817. The predicted octanol–water partition coefficient (Wildman–Crippen LogP) is 3.28. The van der Waals surface area contributed by atoms with E-state index < -0.39 is 0 Å². The van der Waals surface area contributed by atoms with Crippen LogP contribution in [0.15, 0.2) is 0 Å². The molecule has 2 fully saturated rings. The fourth-order valence-electron chi connectivity index (χ4n) is 4.24. The molecule has 2 heteroatoms. The first-order chi connectivity index (χ1) is 8.70. The molecule has 0 bridgehead atoms. The molecule has 2 aliphatic rings. The highest BCUT2D eigenvalue weighted by Crippen LogP contribution is 2.34. The number of nitrogens with zero attached hydrogens (tertiary/aromatic N) is 1. The van der Waals surface area contributed by atoms with Crippen molar-refractivity contribution in [3.63, 3.8) is 0 Å². The van der Waals surface area contributed by atoms with Crippen LogP contribution >= 0.6 is 0 Å². The monoisotopic (exact) mass is 252 g/mol. The zero-order chi connectivity index (χ0) is 13.0. The van der Waals surface area contributed by atoms with Crippen LogP contribution in [0.4, 0.5) is 0 Å². The van der Waals surface area contributed by atoms with Gasteiger partial charge in [-0.3, -0.25) is 4.90 Å². The lowest BCUT2D eigenvalue weighted by Gasteiger charge is -2.39. The van der Waals surface area contributed by atoms with E-state index in [1.165, 1.54) is 58.0 Å². The maximum Gasteiger partial charge on any atom is 0.0223 e. The van der Waals surface area contributed by atoms with Crippen molar-refractivity contribution < 1.29 is 0 Å². The molecule has 0 aromatic carbocycles. The smallest absolute Gasteiger partial charge is 0.0223 e. The Bertz CT molecular complexity index is 239. The summed E-state index contributed by atoms with van der Waals surface area (Å²) in [4.78, 5) is 2.84. The Hall–Kier alpha value is -0.0800. The van der Waals surface area contributed by atoms with E-state index in [-0.39, 0.29) is 0 Å². The van der Waals surface area contributed by atoms with E-state index in [0.29, 0.717) is 0 Å². The molecule has 0 aromatic rings. The van der Waals surface area contributed by atoms with E-state index >= 15 is 0 Å². The molecule has 1 aliphatic heterocycles. The summed E-state index contributed by atoms with van der Waals surface area (Å²) in [6, 6.07) is 1.71. The van der Waals surface area contributed by atoms with Crippen molar-refractivity contribution in [2.45, 2.75) is 70.9 Å². The van der Waals surface area contributed by atoms with Gasteiger partial charge in [0.15, 0.2) is 0 Å². The van der Waals surface area contributed by atoms with Gasteiger partial charge in [-0.1, -0.05) is 26.7 Å². The molecule has 1 N–H and O–H groups in total. The Morgan fingerprint density at radius 1 is 1.17 bits per heavy atom. The fraction of sp³-hybridized carbons (Fsp3) is 1.00. The van der Waals surface area contributed by atoms with Gasteiger partial charge in [-0.2, -0.15) is 0 Å². The number of hydrogen-bond acceptors (Lipinski definition) is 2. The van der Waals surface area contributed by atoms with Crippen molar-refractivity contribution in [3.05, 3.63) is 0 Å². The van der Waals surface area contributed by atoms with Crippen molar-refractivity contribution in [2.24, 2.45) is 11.8 Å². The van der Waals surface area contributed by atoms with Gasteiger partial charge in [0.05, 0.1) is 0 Å². The first kappa shape index (κ1) is 14.3. The molecule has 3 unspecified atom stereocenters. The molecule has 18 heavy (non-hydrogen) atoms. The highest BCUT2D eigenvalue weighted by atomic mass is 15.2. The summed E-state index contributed by atoms with van der Waals surface area (Å²) >= 11 is 0. The van der Waals surface area contributed by atoms with E-state index in [4.69, 9.17) is 0 Å². The highest BCUT2D eigenvalue weighted by Gasteiger charge is 2.33. The first-order valence-electron chi connectivity index (χ1n) is 8.11. The van der Waals surface area contributed by atoms with Gasteiger partial charge in [0.25, 0.3) is 0 Å². The van der Waals surface area contributed by atoms with E-state index in [2.05, 4.69) is 31.1 Å². The maximum atomic E-state index is 3.38. The molecule has 2 rings (SSSR count). The van der Waals surface area contributed by atoms with Crippen molar-refractivity contribution in [3.8, 4) is 0 Å². The zero-order valence-corrected chi connectivity index (χ0v) is 12.6. The molecule has 0 spiro atoms. The summed E-state index contributed by atoms with van der Waals surface area (Å²) < 4.78 is 0. The van der Waals surface area contributed by atoms with Crippen molar-refractivity contribution in [2.75, 3.05) is 20.1 Å². The SMILES string of the molecule is CNCC1CCCN1C1CCCC(CC(C)C)C1. The number of hydrogen-bond donors (Lipinski definition) is 1. The average molecular weight is 252 g/mol. The van der Waals surface area contributed by atoms with Crippen LogP contribution in [0.2, 0.25) is 0 Å². The minimum atomic E-state index is 0.817. The quantitative estimate of drug-likeness (QED) is 0.808. The van der Waals surface area contributed by atoms with E-state index in [1.54, 1.807) is 0 Å². The molecule has 1 heterocycles. The van der Waals surface area contributed by atoms with E-state index in [9.17, 15) is 0 Å². The molecular weight excluding hydrogens is 220 g/mol. The van der Waals surface area contributed by atoms with Crippen LogP contribution in [0, 0.1) is 11.8 Å². The van der Waals surface area contributed by atoms with E-state index in [0.717, 1.165) is 23.9 Å². The van der Waals surface area contributed by atoms with Crippen LogP contribution in [-0.4, -0.2) is 37.1 Å². The first-order valence-corrected chi connectivity index (χ1v) is 8.11. The van der Waals surface area contributed by atoms with Crippen LogP contribution in [0.5, 0.6) is 0 Å². The Kier molecular flexibility index (Phi) is 5.50. The summed E-state index contributed by atoms with van der Waals surface area (Å²) in [5, 5.41) is 3.38. The standard InChI is InChI=1S/C16H32N2/c1-13(2)10-14-6-4-7-15(11-14)18-9-5-8-16(18)12-17-3/h13-17H,4-12H2,1-3H3. The normalized spacial score (nSPS) is 34.3. The molecule has 0 amide bonds. The van der Waals surface area contributed by atoms with Gasteiger partial charge in [0.1, 0.15) is 0 Å². The summed E-state index contributed by atoms with van der Waals surface area (Å²) in [7, 11) is 2.10. The topological polar surface area (TPSA) is 15.3 Å². The summed E-state index contributed by atoms with van der Waals surface area (Å²) in [6.07, 6.45) is 10.1. The van der Waals surface area contributed by atoms with Gasteiger partial charge in [-0.25, -0.2) is 0 Å². The Balaban J connectivity index is 1.87. The zero-order valence-electron chi connectivity index (χ0n) is 12.6. The largest absolute Gasteiger partial charge is 0.318 e. The van der Waals surface area contributed by atoms with Gasteiger partial charge in [-0.15, -0.1) is 0 Å². The second kappa shape index (κ2) is 6.91. The number of likely N-dealkylation sites (tertiary alicyclic amines) is 1. The van der Waals surface area contributed by atoms with E-state index in [1.807, 2.05) is 0 Å². The Morgan fingerprint density at radius 2 is 2.00 bits per heavy atom. The van der Waals surface area contributed by atoms with Crippen LogP contribution in [0.3, 0.4) is 0 Å². The van der Waals surface area contributed by atoms with Crippen LogP contribution < -0.4 is 5.32 Å². The maximum absolute atomic E-state index is 3.38. The van der Waals surface area contributed by atoms with Gasteiger partial charge in [0, 0.05) is 18.6 Å². The minimum Gasteiger partial charge on any atom is -0.318 e. The molecule has 1 saturated carbocycles. The molecule has 1 aliphatic carbocycles. The Labute approximate surface area is 114 Å². The van der Waals surface area contributed by atoms with Crippen LogP contribution in [-0.2, 0) is 0 Å². The number of rotatable bonds is 5. The number of likely N-dealkylation sites (N-methyl/N-ethyl adjacent to an activating group) is 1. The van der Waals surface area contributed by atoms with Gasteiger partial charge >= 0.3 is 0 Å². The third-order valence-electron chi connectivity index (χ3n) is 4.89. The second-order valence-electron chi connectivity index (χ2n) is 6.91. The summed E-state index contributed by atoms with van der Waals surface area (Å²) in [5.41, 5.74) is 0. The van der Waals surface area contributed by atoms with Gasteiger partial charge < -0.3 is 5.32 Å². The van der Waals surface area contributed by atoms with Crippen molar-refractivity contribution in [1.82, 2.24) is 10.2 Å². The fourth-order valence-corrected chi connectivity index (χ4v) is 4.24. The molecule has 0 aromatic heterocycles. The second-order valence-corrected chi connectivity index (χ2v) is 6.91. The molecule has 1 saturated heterocycles. The lowest BCUT2D eigenvalue weighted by Crippen LogP contribution is -2.45. The molecule has 2 nitrogen and oxygen atoms in total. The predicted molar refractivity (Wildman–Crippen MR) is 78.9 cm³/mol. The van der Waals surface area contributed by atoms with Gasteiger partial charge in [0.2, 0.25) is 0 Å². The van der Waals surface area contributed by atoms with Gasteiger partial charge in [-0.05, 0) is 57.5 Å². The highest BCUT2D eigenvalue weighted by molar-refractivity contribution is 4.89. The summed E-state index contributed by atoms with van der Waals surface area (Å²) in [6.45, 7) is 7.29. The Morgan fingerprint density at radius 3 is 2.72 bits per heavy atom. The van der Waals surface area contributed by atoms with Crippen molar-refractivity contribution >= 4 is 0 Å². The lowest BCUT2D eigenvalue weighted by atomic mass is 9.80. The lowest BCUT2D eigenvalue weighted by molar-refractivity contribution is 0.111. The van der Waals surface area contributed by atoms with Crippen LogP contribution in [0.1, 0.15) is 58.8 Å². The average Bonchev–Trinajstić information content (AvgIpc) is 2.77. The summed E-state index contributed by atoms with van der Waals surface area (Å²) in [5.74, 6) is 1.88. The third-order valence-corrected chi connectivity index (χ3v) is 4.89. The molecular formula is C16H32N2. The number of nitrogens with one attached hydrogen (secondary N) is 1. The molecule has 106 valence electrons. The molecule has 3 atom stereocenters. The third kappa shape index (κ3) is 3.71.